The number of thiophene rings is 1. The Labute approximate surface area is 133 Å². The molecule has 114 valence electrons. The third-order valence-electron chi connectivity index (χ3n) is 3.50. The average Bonchev–Trinajstić information content (AvgIpc) is 3.13. The number of aryl methyl sites for hydroxylation is 1. The smallest absolute Gasteiger partial charge is 0.271 e. The first-order chi connectivity index (χ1) is 10.5. The normalized spacial score (nSPS) is 11.5. The van der Waals surface area contributed by atoms with E-state index in [1.165, 1.54) is 11.3 Å². The topological polar surface area (TPSA) is 74.8 Å². The first kappa shape index (κ1) is 14.8. The Morgan fingerprint density at radius 1 is 1.23 bits per heavy atom. The number of rotatable bonds is 4. The Bertz CT molecular complexity index is 897. The molecule has 2 N–H and O–H groups in total. The number of H-pyrrole nitrogens is 1. The molecule has 22 heavy (non-hydrogen) atoms. The Hall–Kier alpha value is -2.12. The molecule has 3 rings (SSSR count). The van der Waals surface area contributed by atoms with Crippen molar-refractivity contribution in [2.75, 3.05) is 4.72 Å². The molecule has 0 unspecified atom stereocenters. The molecule has 0 radical (unpaired) electrons. The first-order valence-corrected chi connectivity index (χ1v) is 9.01. The molecule has 0 atom stereocenters. The highest BCUT2D eigenvalue weighted by Crippen LogP contribution is 2.29. The number of aromatic amines is 1. The van der Waals surface area contributed by atoms with Crippen LogP contribution in [0.25, 0.3) is 11.3 Å². The zero-order valence-electron chi connectivity index (χ0n) is 12.1. The minimum absolute atomic E-state index is 0.276. The standard InChI is InChI=1S/C15H15N3O2S2/c1-10-4-3-5-13(11(10)2)18-22(19,20)15-8-12(9-21-15)14-6-7-16-17-14/h3-9,18H,1-2H3,(H,16,17). The number of nitrogens with zero attached hydrogens (tertiary/aromatic N) is 1. The van der Waals surface area contributed by atoms with Gasteiger partial charge in [-0.2, -0.15) is 5.10 Å². The molecule has 1 aromatic carbocycles. The molecule has 0 aliphatic heterocycles. The second-order valence-electron chi connectivity index (χ2n) is 4.98. The molecule has 0 bridgehead atoms. The fraction of sp³-hybridized carbons (Fsp3) is 0.133. The zero-order valence-corrected chi connectivity index (χ0v) is 13.8. The molecule has 0 saturated carbocycles. The van der Waals surface area contributed by atoms with Crippen LogP contribution in [0.3, 0.4) is 0 Å². The minimum atomic E-state index is -3.59. The first-order valence-electron chi connectivity index (χ1n) is 6.65. The van der Waals surface area contributed by atoms with Crippen molar-refractivity contribution in [3.63, 3.8) is 0 Å². The molecule has 0 spiro atoms. The van der Waals surface area contributed by atoms with Crippen molar-refractivity contribution in [3.8, 4) is 11.3 Å². The van der Waals surface area contributed by atoms with Gasteiger partial charge >= 0.3 is 0 Å². The van der Waals surface area contributed by atoms with Gasteiger partial charge < -0.3 is 0 Å². The summed E-state index contributed by atoms with van der Waals surface area (Å²) in [5.41, 5.74) is 4.19. The van der Waals surface area contributed by atoms with E-state index in [2.05, 4.69) is 14.9 Å². The summed E-state index contributed by atoms with van der Waals surface area (Å²) in [5, 5.41) is 8.50. The van der Waals surface area contributed by atoms with Gasteiger partial charge in [0.1, 0.15) is 4.21 Å². The van der Waals surface area contributed by atoms with Crippen molar-refractivity contribution in [2.45, 2.75) is 18.1 Å². The molecule has 0 fully saturated rings. The molecule has 0 saturated heterocycles. The molecule has 0 aliphatic rings. The third-order valence-corrected chi connectivity index (χ3v) is 6.31. The van der Waals surface area contributed by atoms with Crippen LogP contribution in [0.4, 0.5) is 5.69 Å². The highest BCUT2D eigenvalue weighted by molar-refractivity contribution is 7.94. The summed E-state index contributed by atoms with van der Waals surface area (Å²) in [5.74, 6) is 0. The summed E-state index contributed by atoms with van der Waals surface area (Å²) in [6, 6.07) is 9.00. The zero-order chi connectivity index (χ0) is 15.7. The number of sulfonamides is 1. The highest BCUT2D eigenvalue weighted by atomic mass is 32.2. The van der Waals surface area contributed by atoms with Gasteiger partial charge in [-0.3, -0.25) is 9.82 Å². The van der Waals surface area contributed by atoms with Crippen LogP contribution in [0.5, 0.6) is 0 Å². The lowest BCUT2D eigenvalue weighted by molar-refractivity contribution is 0.603. The van der Waals surface area contributed by atoms with E-state index >= 15 is 0 Å². The number of hydrogen-bond acceptors (Lipinski definition) is 4. The van der Waals surface area contributed by atoms with E-state index in [-0.39, 0.29) is 4.21 Å². The van der Waals surface area contributed by atoms with Crippen molar-refractivity contribution in [2.24, 2.45) is 0 Å². The van der Waals surface area contributed by atoms with E-state index in [4.69, 9.17) is 0 Å². The second kappa shape index (κ2) is 5.58. The van der Waals surface area contributed by atoms with Crippen molar-refractivity contribution >= 4 is 27.0 Å². The van der Waals surface area contributed by atoms with Gasteiger partial charge in [-0.1, -0.05) is 12.1 Å². The van der Waals surface area contributed by atoms with Crippen molar-refractivity contribution in [3.05, 3.63) is 53.0 Å². The van der Waals surface area contributed by atoms with Crippen LogP contribution >= 0.6 is 11.3 Å². The van der Waals surface area contributed by atoms with Gasteiger partial charge in [0.05, 0.1) is 11.4 Å². The summed E-state index contributed by atoms with van der Waals surface area (Å²) in [6.07, 6.45) is 1.63. The van der Waals surface area contributed by atoms with Crippen LogP contribution in [0.2, 0.25) is 0 Å². The van der Waals surface area contributed by atoms with Crippen LogP contribution in [0.15, 0.2) is 46.1 Å². The third kappa shape index (κ3) is 2.77. The summed E-state index contributed by atoms with van der Waals surface area (Å²) >= 11 is 1.19. The fourth-order valence-electron chi connectivity index (χ4n) is 2.07. The summed E-state index contributed by atoms with van der Waals surface area (Å²) in [6.45, 7) is 3.85. The lowest BCUT2D eigenvalue weighted by atomic mass is 10.1. The quantitative estimate of drug-likeness (QED) is 0.766. The van der Waals surface area contributed by atoms with Gasteiger partial charge in [-0.05, 0) is 43.2 Å². The van der Waals surface area contributed by atoms with Gasteiger partial charge in [-0.15, -0.1) is 11.3 Å². The van der Waals surface area contributed by atoms with Gasteiger partial charge in [0, 0.05) is 17.1 Å². The van der Waals surface area contributed by atoms with Crippen molar-refractivity contribution < 1.29 is 8.42 Å². The molecule has 0 amide bonds. The summed E-state index contributed by atoms with van der Waals surface area (Å²) in [7, 11) is -3.59. The van der Waals surface area contributed by atoms with Gasteiger partial charge in [0.25, 0.3) is 10.0 Å². The van der Waals surface area contributed by atoms with E-state index in [0.29, 0.717) is 5.69 Å². The van der Waals surface area contributed by atoms with Crippen molar-refractivity contribution in [1.29, 1.82) is 0 Å². The van der Waals surface area contributed by atoms with Gasteiger partial charge in [-0.25, -0.2) is 8.42 Å². The maximum Gasteiger partial charge on any atom is 0.271 e. The number of anilines is 1. The highest BCUT2D eigenvalue weighted by Gasteiger charge is 2.18. The lowest BCUT2D eigenvalue weighted by Crippen LogP contribution is -2.12. The molecule has 2 aromatic heterocycles. The van der Waals surface area contributed by atoms with Crippen LogP contribution < -0.4 is 4.72 Å². The molecular formula is C15H15N3O2S2. The van der Waals surface area contributed by atoms with E-state index in [0.717, 1.165) is 22.4 Å². The van der Waals surface area contributed by atoms with E-state index in [1.54, 1.807) is 29.8 Å². The van der Waals surface area contributed by atoms with Crippen LogP contribution in [0.1, 0.15) is 11.1 Å². The summed E-state index contributed by atoms with van der Waals surface area (Å²) in [4.78, 5) is 0. The molecule has 0 aliphatic carbocycles. The molecular weight excluding hydrogens is 318 g/mol. The Balaban J connectivity index is 1.92. The molecule has 2 heterocycles. The van der Waals surface area contributed by atoms with E-state index in [1.807, 2.05) is 26.0 Å². The second-order valence-corrected chi connectivity index (χ2v) is 7.80. The van der Waals surface area contributed by atoms with Crippen molar-refractivity contribution in [1.82, 2.24) is 10.2 Å². The Morgan fingerprint density at radius 3 is 2.77 bits per heavy atom. The Morgan fingerprint density at radius 2 is 2.05 bits per heavy atom. The fourth-order valence-corrected chi connectivity index (χ4v) is 4.37. The monoisotopic (exact) mass is 333 g/mol. The maximum atomic E-state index is 12.5. The molecule has 3 aromatic rings. The lowest BCUT2D eigenvalue weighted by Gasteiger charge is -2.10. The molecule has 7 heteroatoms. The minimum Gasteiger partial charge on any atom is -0.279 e. The Kier molecular flexibility index (Phi) is 3.76. The number of nitrogens with one attached hydrogen (secondary N) is 2. The van der Waals surface area contributed by atoms with Gasteiger partial charge in [0.15, 0.2) is 0 Å². The van der Waals surface area contributed by atoms with Crippen LogP contribution in [0, 0.1) is 13.8 Å². The van der Waals surface area contributed by atoms with E-state index < -0.39 is 10.0 Å². The summed E-state index contributed by atoms with van der Waals surface area (Å²) < 4.78 is 28.0. The average molecular weight is 333 g/mol. The number of aromatic nitrogens is 2. The van der Waals surface area contributed by atoms with Crippen LogP contribution in [-0.2, 0) is 10.0 Å². The predicted molar refractivity (Wildman–Crippen MR) is 88.6 cm³/mol. The SMILES string of the molecule is Cc1cccc(NS(=O)(=O)c2cc(-c3ccn[nH]3)cs2)c1C. The van der Waals surface area contributed by atoms with E-state index in [9.17, 15) is 8.42 Å². The predicted octanol–water partition coefficient (Wildman–Crippen LogP) is 3.56. The largest absolute Gasteiger partial charge is 0.279 e. The van der Waals surface area contributed by atoms with Gasteiger partial charge in [0.2, 0.25) is 0 Å². The number of benzene rings is 1. The molecule has 5 nitrogen and oxygen atoms in total. The van der Waals surface area contributed by atoms with Crippen LogP contribution in [-0.4, -0.2) is 18.6 Å². The maximum absolute atomic E-state index is 12.5. The number of hydrogen-bond donors (Lipinski definition) is 2.